The summed E-state index contributed by atoms with van der Waals surface area (Å²) in [6, 6.07) is 7.98. The third-order valence-electron chi connectivity index (χ3n) is 3.26. The van der Waals surface area contributed by atoms with Crippen molar-refractivity contribution >= 4 is 15.7 Å². The summed E-state index contributed by atoms with van der Waals surface area (Å²) >= 11 is 0. The Balaban J connectivity index is 2.30. The quantitative estimate of drug-likeness (QED) is 0.841. The second-order valence-corrected chi connectivity index (χ2v) is 7.24. The summed E-state index contributed by atoms with van der Waals surface area (Å²) in [5, 5.41) is 3.83. The molecule has 0 radical (unpaired) electrons. The van der Waals surface area contributed by atoms with Crippen molar-refractivity contribution in [2.24, 2.45) is 0 Å². The van der Waals surface area contributed by atoms with Gasteiger partial charge in [0.15, 0.2) is 9.84 Å². The minimum atomic E-state index is -3.46. The lowest BCUT2D eigenvalue weighted by atomic mass is 10.2. The van der Waals surface area contributed by atoms with Gasteiger partial charge in [-0.25, -0.2) is 8.42 Å². The maximum Gasteiger partial charge on any atom is 0.255 e. The number of aromatic nitrogens is 1. The molecule has 7 heteroatoms. The monoisotopic (exact) mass is 322 g/mol. The molecule has 22 heavy (non-hydrogen) atoms. The number of carbonyl (C=O) groups is 1. The molecule has 1 aromatic carbocycles. The van der Waals surface area contributed by atoms with E-state index in [0.717, 1.165) is 0 Å². The van der Waals surface area contributed by atoms with Gasteiger partial charge in [0.25, 0.3) is 5.91 Å². The average molecular weight is 322 g/mol. The minimum Gasteiger partial charge on any atom is -0.361 e. The van der Waals surface area contributed by atoms with Crippen molar-refractivity contribution < 1.29 is 17.7 Å². The zero-order valence-electron chi connectivity index (χ0n) is 12.7. The first-order valence-corrected chi connectivity index (χ1v) is 8.50. The van der Waals surface area contributed by atoms with Crippen LogP contribution in [0.4, 0.5) is 0 Å². The molecule has 0 saturated heterocycles. The lowest BCUT2D eigenvalue weighted by Gasteiger charge is -2.17. The third kappa shape index (κ3) is 3.36. The highest BCUT2D eigenvalue weighted by Crippen LogP contribution is 2.19. The smallest absolute Gasteiger partial charge is 0.255 e. The molecule has 0 saturated carbocycles. The van der Waals surface area contributed by atoms with Crippen LogP contribution in [-0.4, -0.2) is 37.2 Å². The Hall–Kier alpha value is -2.15. The molecule has 0 fully saturated rings. The van der Waals surface area contributed by atoms with Gasteiger partial charge in [-0.05, 0) is 19.1 Å². The fraction of sp³-hybridized carbons (Fsp3) is 0.333. The summed E-state index contributed by atoms with van der Waals surface area (Å²) in [5.41, 5.74) is 0.788. The van der Waals surface area contributed by atoms with Gasteiger partial charge in [-0.1, -0.05) is 24.2 Å². The van der Waals surface area contributed by atoms with Gasteiger partial charge >= 0.3 is 0 Å². The highest BCUT2D eigenvalue weighted by atomic mass is 32.2. The predicted molar refractivity (Wildman–Crippen MR) is 81.2 cm³/mol. The Bertz CT molecular complexity index is 780. The first kappa shape index (κ1) is 16.2. The molecule has 0 N–H and O–H groups in total. The van der Waals surface area contributed by atoms with E-state index in [-0.39, 0.29) is 28.7 Å². The molecule has 0 unspecified atom stereocenters. The van der Waals surface area contributed by atoms with Crippen LogP contribution in [0.1, 0.15) is 28.7 Å². The number of rotatable bonds is 5. The summed E-state index contributed by atoms with van der Waals surface area (Å²) in [5.74, 6) is 0.238. The fourth-order valence-corrected chi connectivity index (χ4v) is 3.17. The van der Waals surface area contributed by atoms with Crippen LogP contribution >= 0.6 is 0 Å². The van der Waals surface area contributed by atoms with Gasteiger partial charge in [-0.15, -0.1) is 0 Å². The standard InChI is InChI=1S/C15H18N2O4S/c1-4-22(19,20)14-8-6-5-7-13(14)15(18)17(3)10-12-9-11(2)21-16-12/h5-9H,4,10H2,1-3H3. The van der Waals surface area contributed by atoms with Crippen LogP contribution in [0.5, 0.6) is 0 Å². The lowest BCUT2D eigenvalue weighted by Crippen LogP contribution is -2.28. The van der Waals surface area contributed by atoms with E-state index in [1.807, 2.05) is 0 Å². The SMILES string of the molecule is CCS(=O)(=O)c1ccccc1C(=O)N(C)Cc1cc(C)on1. The van der Waals surface area contributed by atoms with Crippen LogP contribution in [0.2, 0.25) is 0 Å². The first-order chi connectivity index (χ1) is 10.3. The molecule has 118 valence electrons. The molecule has 0 atom stereocenters. The van der Waals surface area contributed by atoms with Gasteiger partial charge < -0.3 is 9.42 Å². The van der Waals surface area contributed by atoms with Crippen LogP contribution in [0.3, 0.4) is 0 Å². The van der Waals surface area contributed by atoms with Crippen LogP contribution < -0.4 is 0 Å². The summed E-state index contributed by atoms with van der Waals surface area (Å²) in [6.07, 6.45) is 0. The van der Waals surface area contributed by atoms with Crippen molar-refractivity contribution in [1.29, 1.82) is 0 Å². The number of amides is 1. The van der Waals surface area contributed by atoms with Gasteiger partial charge in [-0.2, -0.15) is 0 Å². The molecule has 1 aromatic heterocycles. The van der Waals surface area contributed by atoms with Gasteiger partial charge in [0.1, 0.15) is 11.5 Å². The van der Waals surface area contributed by atoms with Crippen molar-refractivity contribution in [3.8, 4) is 0 Å². The molecule has 0 spiro atoms. The molecule has 0 aliphatic carbocycles. The number of nitrogens with zero attached hydrogens (tertiary/aromatic N) is 2. The summed E-state index contributed by atoms with van der Waals surface area (Å²) < 4.78 is 29.2. The van der Waals surface area contributed by atoms with Crippen LogP contribution in [-0.2, 0) is 16.4 Å². The van der Waals surface area contributed by atoms with Gasteiger partial charge in [0, 0.05) is 13.1 Å². The number of sulfone groups is 1. The summed E-state index contributed by atoms with van der Waals surface area (Å²) in [4.78, 5) is 14.0. The molecule has 6 nitrogen and oxygen atoms in total. The number of aryl methyl sites for hydroxylation is 1. The Labute approximate surface area is 129 Å². The topological polar surface area (TPSA) is 80.5 Å². The summed E-state index contributed by atoms with van der Waals surface area (Å²) in [7, 11) is -1.86. The highest BCUT2D eigenvalue weighted by Gasteiger charge is 2.23. The maximum absolute atomic E-state index is 12.5. The Morgan fingerprint density at radius 1 is 1.32 bits per heavy atom. The lowest BCUT2D eigenvalue weighted by molar-refractivity contribution is 0.0778. The molecular formula is C15H18N2O4S. The second kappa shape index (κ2) is 6.31. The van der Waals surface area contributed by atoms with Crippen molar-refractivity contribution in [3.05, 3.63) is 47.3 Å². The Kier molecular flexibility index (Phi) is 4.65. The van der Waals surface area contributed by atoms with Crippen molar-refractivity contribution in [2.75, 3.05) is 12.8 Å². The summed E-state index contributed by atoms with van der Waals surface area (Å²) in [6.45, 7) is 3.57. The zero-order chi connectivity index (χ0) is 16.3. The molecule has 0 aliphatic heterocycles. The van der Waals surface area contributed by atoms with Crippen LogP contribution in [0, 0.1) is 6.92 Å². The molecule has 2 rings (SSSR count). The maximum atomic E-state index is 12.5. The average Bonchev–Trinajstić information content (AvgIpc) is 2.91. The predicted octanol–water partition coefficient (Wildman–Crippen LogP) is 2.05. The molecular weight excluding hydrogens is 304 g/mol. The fourth-order valence-electron chi connectivity index (χ4n) is 2.08. The van der Waals surface area contributed by atoms with E-state index in [1.165, 1.54) is 17.0 Å². The van der Waals surface area contributed by atoms with Gasteiger partial charge in [-0.3, -0.25) is 4.79 Å². The Morgan fingerprint density at radius 3 is 2.59 bits per heavy atom. The van der Waals surface area contributed by atoms with Crippen molar-refractivity contribution in [3.63, 3.8) is 0 Å². The first-order valence-electron chi connectivity index (χ1n) is 6.84. The number of benzene rings is 1. The van der Waals surface area contributed by atoms with Crippen LogP contribution in [0.15, 0.2) is 39.8 Å². The number of hydrogen-bond donors (Lipinski definition) is 0. The van der Waals surface area contributed by atoms with Gasteiger partial charge in [0.2, 0.25) is 0 Å². The highest BCUT2D eigenvalue weighted by molar-refractivity contribution is 7.91. The zero-order valence-corrected chi connectivity index (χ0v) is 13.6. The Morgan fingerprint density at radius 2 is 2.00 bits per heavy atom. The van der Waals surface area contributed by atoms with E-state index in [1.54, 1.807) is 39.1 Å². The number of hydrogen-bond acceptors (Lipinski definition) is 5. The molecule has 1 heterocycles. The van der Waals surface area contributed by atoms with E-state index < -0.39 is 9.84 Å². The normalized spacial score (nSPS) is 11.4. The molecule has 0 aliphatic rings. The molecule has 1 amide bonds. The van der Waals surface area contributed by atoms with Crippen molar-refractivity contribution in [2.45, 2.75) is 25.3 Å². The van der Waals surface area contributed by atoms with Gasteiger partial charge in [0.05, 0.1) is 22.8 Å². The largest absolute Gasteiger partial charge is 0.361 e. The van der Waals surface area contributed by atoms with E-state index in [4.69, 9.17) is 4.52 Å². The van der Waals surface area contributed by atoms with Crippen molar-refractivity contribution in [1.82, 2.24) is 10.1 Å². The number of carbonyl (C=O) groups excluding carboxylic acids is 1. The molecule has 2 aromatic rings. The molecule has 0 bridgehead atoms. The third-order valence-corrected chi connectivity index (χ3v) is 5.04. The van der Waals surface area contributed by atoms with Crippen LogP contribution in [0.25, 0.3) is 0 Å². The van der Waals surface area contributed by atoms with E-state index >= 15 is 0 Å². The minimum absolute atomic E-state index is 0.0521. The second-order valence-electron chi connectivity index (χ2n) is 4.99. The van der Waals surface area contributed by atoms with E-state index in [9.17, 15) is 13.2 Å². The van der Waals surface area contributed by atoms with E-state index in [0.29, 0.717) is 11.5 Å². The van der Waals surface area contributed by atoms with E-state index in [2.05, 4.69) is 5.16 Å².